The van der Waals surface area contributed by atoms with E-state index in [9.17, 15) is 0 Å². The average Bonchev–Trinajstić information content (AvgIpc) is 1.57. The Morgan fingerprint density at radius 2 is 0.363 bits per heavy atom. The van der Waals surface area contributed by atoms with Crippen LogP contribution >= 0.6 is 31.9 Å². The molecular weight excluding hydrogens is 1930 g/mol. The second kappa shape index (κ2) is 76.4. The molecule has 2 aromatic carbocycles. The molecule has 820 valence electrons. The highest BCUT2D eigenvalue weighted by Crippen LogP contribution is 2.40. The molecule has 0 bridgehead atoms. The zero-order valence-corrected chi connectivity index (χ0v) is 97.8. The molecule has 4 atom stereocenters. The molecule has 0 saturated carbocycles. The number of anilines is 4. The Bertz CT molecular complexity index is 4430. The Hall–Kier alpha value is -6.12. The Balaban J connectivity index is 0.000000325. The van der Waals surface area contributed by atoms with Crippen molar-refractivity contribution in [2.24, 2.45) is 23.7 Å². The van der Waals surface area contributed by atoms with Gasteiger partial charge in [-0.25, -0.2) is 0 Å². The lowest BCUT2D eigenvalue weighted by molar-refractivity contribution is -0.114. The van der Waals surface area contributed by atoms with Crippen molar-refractivity contribution >= 4 is 101 Å². The number of fused-ring (bicyclic) bond motifs is 4. The summed E-state index contributed by atoms with van der Waals surface area (Å²) in [6.45, 7) is 21.1. The van der Waals surface area contributed by atoms with Crippen LogP contribution in [0.1, 0.15) is 592 Å². The Morgan fingerprint density at radius 1 is 0.205 bits per heavy atom. The molecule has 8 heterocycles. The van der Waals surface area contributed by atoms with Crippen molar-refractivity contribution in [2.75, 3.05) is 45.8 Å². The molecule has 4 aliphatic heterocycles. The van der Waals surface area contributed by atoms with Crippen molar-refractivity contribution in [2.45, 2.75) is 569 Å². The third-order valence-corrected chi connectivity index (χ3v) is 33.8. The molecule has 4 unspecified atom stereocenters. The molecule has 0 aliphatic carbocycles. The first-order valence-electron chi connectivity index (χ1n) is 62.5. The molecule has 0 spiro atoms. The second-order valence-corrected chi connectivity index (χ2v) is 47.1. The molecule has 0 fully saturated rings. The number of benzene rings is 2. The molecule has 10 rings (SSSR count). The molecule has 14 heteroatoms. The van der Waals surface area contributed by atoms with Crippen molar-refractivity contribution in [1.82, 2.24) is 0 Å². The van der Waals surface area contributed by atoms with Gasteiger partial charge in [0, 0.05) is 47.1 Å². The standard InChI is InChI=1S/C66H104Br2N2O4.C66H106N2O4/c1-5-9-13-17-21-25-27-31-35-39-43-53(41-37-33-29-23-19-15-11-7-3)51-69-57-49-56-58(50-55(57)63(65(69)71)59-45-47-61(67)73-59)70(66(72)64(56)60-46-48-62(68)74-60)52-54(42-38-34-30-24-20-16-12-8-4)44-40-36-32-28-26-22-18-14-10-6-2;1-5-9-13-17-21-25-27-31-35-39-45-55(43-37-33-29-23-19-15-11-7-3)53-67-59-51-58-60(52-57(59)63(65(67)69)61-47-41-49-71-61)68(66(70)64(58)62-48-42-50-72-62)54-56(44-38-34-30-24-20-16-12-8-4)46-40-36-32-28-26-22-18-14-10-6-2/h45-50,53-54H,5-44,51-52H2,1-4H3;41-42,47-52,55-56H,5-40,43-46,53-54H2,1-4H3. The lowest BCUT2D eigenvalue weighted by Crippen LogP contribution is -2.35. The van der Waals surface area contributed by atoms with E-state index in [-0.39, 0.29) is 23.6 Å². The van der Waals surface area contributed by atoms with Gasteiger partial charge in [-0.05, 0) is 180 Å². The predicted molar refractivity (Wildman–Crippen MR) is 630 cm³/mol. The molecule has 0 N–H and O–H groups in total. The molecule has 4 aromatic heterocycles. The summed E-state index contributed by atoms with van der Waals surface area (Å²) in [6.07, 6.45) is 107. The normalized spacial score (nSPS) is 14.3. The van der Waals surface area contributed by atoms with E-state index in [1.165, 1.54) is 462 Å². The first-order chi connectivity index (χ1) is 71.8. The maximum Gasteiger partial charge on any atom is 0.262 e. The maximum atomic E-state index is 15.2. The van der Waals surface area contributed by atoms with Gasteiger partial charge in [0.25, 0.3) is 23.6 Å². The Labute approximate surface area is 907 Å². The summed E-state index contributed by atoms with van der Waals surface area (Å²) in [5.41, 5.74) is 6.05. The van der Waals surface area contributed by atoms with Crippen LogP contribution in [-0.2, 0) is 19.2 Å². The highest BCUT2D eigenvalue weighted by molar-refractivity contribution is 9.10. The van der Waals surface area contributed by atoms with Gasteiger partial charge in [-0.15, -0.1) is 0 Å². The molecular formula is C132H210Br2N4O8. The summed E-state index contributed by atoms with van der Waals surface area (Å²) in [5, 5.41) is 3.53. The lowest BCUT2D eigenvalue weighted by Gasteiger charge is -2.27. The summed E-state index contributed by atoms with van der Waals surface area (Å²) in [7, 11) is 0. The van der Waals surface area contributed by atoms with Crippen LogP contribution < -0.4 is 40.5 Å². The Morgan fingerprint density at radius 3 is 0.507 bits per heavy atom. The summed E-state index contributed by atoms with van der Waals surface area (Å²) in [5.74, 6) is 4.03. The third kappa shape index (κ3) is 44.2. The number of halogens is 2. The number of furan rings is 4. The van der Waals surface area contributed by atoms with E-state index in [4.69, 9.17) is 17.7 Å². The van der Waals surface area contributed by atoms with Gasteiger partial charge in [0.15, 0.2) is 9.34 Å². The van der Waals surface area contributed by atoms with Crippen LogP contribution in [0.5, 0.6) is 0 Å². The molecule has 4 amide bonds. The number of hydrogen-bond acceptors (Lipinski definition) is 8. The third-order valence-electron chi connectivity index (χ3n) is 33.0. The van der Waals surface area contributed by atoms with Crippen LogP contribution in [0.3, 0.4) is 0 Å². The topological polar surface area (TPSA) is 134 Å². The smallest absolute Gasteiger partial charge is 0.262 e. The van der Waals surface area contributed by atoms with Gasteiger partial charge < -0.3 is 37.3 Å². The number of hydrogen-bond donors (Lipinski definition) is 0. The fourth-order valence-corrected chi connectivity index (χ4v) is 24.6. The largest absolute Gasteiger partial charge is 0.464 e. The van der Waals surface area contributed by atoms with E-state index >= 15 is 19.2 Å². The number of unbranched alkanes of at least 4 members (excludes halogenated alkanes) is 64. The molecule has 4 aliphatic rings. The zero-order chi connectivity index (χ0) is 103. The average molecular weight is 2140 g/mol. The summed E-state index contributed by atoms with van der Waals surface area (Å²) < 4.78 is 25.9. The van der Waals surface area contributed by atoms with E-state index in [0.29, 0.717) is 105 Å². The SMILES string of the molecule is CCCCCCCCCCCCC(CCCCCCCCCC)CN1C(=O)C(c2ccc(Br)o2)=c2cc3c(cc21)=C(c1ccc(Br)o1)C(=O)N3CC(CCCCCCCCCC)CCCCCCCCCCCC.CCCCCCCCCCCCC(CCCCCCCCCC)CN1C(=O)C(c2ccco2)=c2cc3c(cc21)=C(c1ccco1)C(=O)N3CC(CCCCCCCCCC)CCCCCCCCCCCC. The van der Waals surface area contributed by atoms with Crippen LogP contribution in [0.4, 0.5) is 22.7 Å². The van der Waals surface area contributed by atoms with E-state index in [0.717, 1.165) is 95.0 Å². The molecule has 146 heavy (non-hydrogen) atoms. The minimum Gasteiger partial charge on any atom is -0.464 e. The number of rotatable bonds is 92. The van der Waals surface area contributed by atoms with Crippen LogP contribution in [-0.4, -0.2) is 49.8 Å². The highest BCUT2D eigenvalue weighted by Gasteiger charge is 2.42. The van der Waals surface area contributed by atoms with Gasteiger partial charge in [0.1, 0.15) is 23.0 Å². The van der Waals surface area contributed by atoms with Gasteiger partial charge >= 0.3 is 0 Å². The number of carbonyl (C=O) groups is 4. The van der Waals surface area contributed by atoms with E-state index < -0.39 is 0 Å². The van der Waals surface area contributed by atoms with E-state index in [2.05, 4.69) is 131 Å². The second-order valence-electron chi connectivity index (χ2n) is 45.5. The minimum absolute atomic E-state index is 0.00298. The van der Waals surface area contributed by atoms with Gasteiger partial charge in [-0.3, -0.25) is 19.2 Å². The van der Waals surface area contributed by atoms with Crippen LogP contribution in [0, 0.1) is 23.7 Å². The fourth-order valence-electron chi connectivity index (χ4n) is 24.0. The van der Waals surface area contributed by atoms with Crippen molar-refractivity contribution in [1.29, 1.82) is 0 Å². The van der Waals surface area contributed by atoms with E-state index in [1.807, 2.05) is 48.5 Å². The monoisotopic (exact) mass is 2140 g/mol. The van der Waals surface area contributed by atoms with Crippen molar-refractivity contribution in [3.63, 3.8) is 0 Å². The number of carbonyl (C=O) groups excluding carboxylic acids is 4. The quantitative estimate of drug-likeness (QED) is 0.0345. The highest BCUT2D eigenvalue weighted by atomic mass is 79.9. The van der Waals surface area contributed by atoms with Crippen molar-refractivity contribution in [3.05, 3.63) is 139 Å². The Kier molecular flexibility index (Phi) is 64.6. The summed E-state index contributed by atoms with van der Waals surface area (Å²) in [4.78, 5) is 68.7. The van der Waals surface area contributed by atoms with Crippen molar-refractivity contribution < 1.29 is 36.8 Å². The first-order valence-corrected chi connectivity index (χ1v) is 64.1. The number of nitrogens with zero attached hydrogens (tertiary/aromatic N) is 4. The molecule has 0 saturated heterocycles. The molecule has 6 aromatic rings. The predicted octanol–water partition coefficient (Wildman–Crippen LogP) is 39.3. The van der Waals surface area contributed by atoms with Gasteiger partial charge in [-0.2, -0.15) is 0 Å². The summed E-state index contributed by atoms with van der Waals surface area (Å²) in [6, 6.07) is 24.0. The van der Waals surface area contributed by atoms with Crippen LogP contribution in [0.15, 0.2) is 112 Å². The van der Waals surface area contributed by atoms with E-state index in [1.54, 1.807) is 12.5 Å². The zero-order valence-electron chi connectivity index (χ0n) is 94.6. The molecule has 12 nitrogen and oxygen atoms in total. The summed E-state index contributed by atoms with van der Waals surface area (Å²) >= 11 is 7.13. The molecule has 0 radical (unpaired) electrons. The fraction of sp³-hybridized carbons (Fsp3) is 0.727. The lowest BCUT2D eigenvalue weighted by atomic mass is 9.93. The van der Waals surface area contributed by atoms with Crippen LogP contribution in [0.25, 0.3) is 22.3 Å². The van der Waals surface area contributed by atoms with Crippen molar-refractivity contribution in [3.8, 4) is 0 Å². The van der Waals surface area contributed by atoms with Gasteiger partial charge in [-0.1, -0.05) is 518 Å². The number of amides is 4. The van der Waals surface area contributed by atoms with Crippen LogP contribution in [0.2, 0.25) is 0 Å². The minimum atomic E-state index is 0.00298. The first kappa shape index (κ1) is 123. The van der Waals surface area contributed by atoms with Gasteiger partial charge in [0.05, 0.1) is 57.6 Å². The maximum absolute atomic E-state index is 15.2. The van der Waals surface area contributed by atoms with Gasteiger partial charge in [0.2, 0.25) is 0 Å².